The zero-order valence-electron chi connectivity index (χ0n) is 7.66. The Morgan fingerprint density at radius 2 is 2.29 bits per heavy atom. The molecule has 1 atom stereocenters. The minimum absolute atomic E-state index is 0.257. The number of aromatic nitrogens is 2. The molecule has 1 aromatic rings. The van der Waals surface area contributed by atoms with Gasteiger partial charge in [-0.25, -0.2) is 4.79 Å². The van der Waals surface area contributed by atoms with Crippen molar-refractivity contribution in [3.05, 3.63) is 32.6 Å². The van der Waals surface area contributed by atoms with Crippen LogP contribution in [0.4, 0.5) is 0 Å². The molecular weight excluding hydrogens is 208 g/mol. The van der Waals surface area contributed by atoms with Gasteiger partial charge in [-0.15, -0.1) is 0 Å². The standard InChI is InChI=1S/C8H11ClN2O3/c1-5-4-11(3-2-6(9)12)8(14)10-7(5)13/h4,6,12H,2-3H2,1H3,(H,10,13,14). The number of aromatic amines is 1. The van der Waals surface area contributed by atoms with Gasteiger partial charge in [0.1, 0.15) is 5.56 Å². The number of halogens is 1. The van der Waals surface area contributed by atoms with Crippen LogP contribution in [0.5, 0.6) is 0 Å². The van der Waals surface area contributed by atoms with E-state index in [1.54, 1.807) is 6.92 Å². The van der Waals surface area contributed by atoms with Gasteiger partial charge in [0.25, 0.3) is 5.56 Å². The molecule has 0 saturated heterocycles. The molecule has 0 bridgehead atoms. The van der Waals surface area contributed by atoms with E-state index in [1.807, 2.05) is 0 Å². The minimum Gasteiger partial charge on any atom is -0.378 e. The van der Waals surface area contributed by atoms with Crippen LogP contribution in [0, 0.1) is 6.92 Å². The molecule has 0 radical (unpaired) electrons. The molecule has 1 unspecified atom stereocenters. The lowest BCUT2D eigenvalue weighted by atomic mass is 10.3. The van der Waals surface area contributed by atoms with E-state index >= 15 is 0 Å². The summed E-state index contributed by atoms with van der Waals surface area (Å²) in [5.41, 5.74) is -1.40. The van der Waals surface area contributed by atoms with Gasteiger partial charge in [-0.1, -0.05) is 11.6 Å². The molecule has 0 aliphatic heterocycles. The van der Waals surface area contributed by atoms with Gasteiger partial charge in [0.2, 0.25) is 0 Å². The molecule has 1 aromatic heterocycles. The molecule has 0 aliphatic carbocycles. The van der Waals surface area contributed by atoms with Gasteiger partial charge < -0.3 is 9.67 Å². The summed E-state index contributed by atoms with van der Waals surface area (Å²) in [5.74, 6) is 0. The van der Waals surface area contributed by atoms with Crippen LogP contribution in [0.15, 0.2) is 15.8 Å². The quantitative estimate of drug-likeness (QED) is 0.690. The first-order chi connectivity index (χ1) is 6.50. The Balaban J connectivity index is 2.93. The van der Waals surface area contributed by atoms with Crippen molar-refractivity contribution < 1.29 is 5.11 Å². The van der Waals surface area contributed by atoms with Gasteiger partial charge in [0, 0.05) is 24.7 Å². The smallest absolute Gasteiger partial charge is 0.328 e. The van der Waals surface area contributed by atoms with Crippen LogP contribution in [0.1, 0.15) is 12.0 Å². The summed E-state index contributed by atoms with van der Waals surface area (Å²) < 4.78 is 1.31. The summed E-state index contributed by atoms with van der Waals surface area (Å²) in [5, 5.41) is 8.81. The molecule has 6 heteroatoms. The average molecular weight is 219 g/mol. The van der Waals surface area contributed by atoms with Crippen LogP contribution < -0.4 is 11.2 Å². The molecule has 5 nitrogen and oxygen atoms in total. The molecule has 0 fully saturated rings. The molecule has 0 spiro atoms. The number of aliphatic hydroxyl groups is 1. The minimum atomic E-state index is -0.978. The maximum atomic E-state index is 11.2. The van der Waals surface area contributed by atoms with Crippen LogP contribution in [-0.4, -0.2) is 20.2 Å². The lowest BCUT2D eigenvalue weighted by Gasteiger charge is -2.05. The monoisotopic (exact) mass is 218 g/mol. The topological polar surface area (TPSA) is 75.1 Å². The second kappa shape index (κ2) is 4.43. The Morgan fingerprint density at radius 1 is 1.64 bits per heavy atom. The Labute approximate surface area is 85.0 Å². The van der Waals surface area contributed by atoms with Crippen LogP contribution >= 0.6 is 11.6 Å². The highest BCUT2D eigenvalue weighted by molar-refractivity contribution is 6.19. The van der Waals surface area contributed by atoms with Crippen LogP contribution in [0.2, 0.25) is 0 Å². The Hall–Kier alpha value is -1.07. The second-order valence-corrected chi connectivity index (χ2v) is 3.49. The van der Waals surface area contributed by atoms with E-state index in [9.17, 15) is 9.59 Å². The van der Waals surface area contributed by atoms with E-state index < -0.39 is 16.8 Å². The predicted octanol–water partition coefficient (Wildman–Crippen LogP) is -0.208. The molecule has 0 aromatic carbocycles. The van der Waals surface area contributed by atoms with Crippen LogP contribution in [0.25, 0.3) is 0 Å². The highest BCUT2D eigenvalue weighted by Crippen LogP contribution is 1.98. The van der Waals surface area contributed by atoms with Crippen molar-refractivity contribution in [2.45, 2.75) is 25.5 Å². The second-order valence-electron chi connectivity index (χ2n) is 2.99. The predicted molar refractivity (Wildman–Crippen MR) is 52.5 cm³/mol. The molecule has 2 N–H and O–H groups in total. The van der Waals surface area contributed by atoms with Crippen molar-refractivity contribution in [1.29, 1.82) is 0 Å². The summed E-state index contributed by atoms with van der Waals surface area (Å²) in [7, 11) is 0. The van der Waals surface area contributed by atoms with Gasteiger partial charge in [0.15, 0.2) is 0 Å². The summed E-state index contributed by atoms with van der Waals surface area (Å²) >= 11 is 5.32. The van der Waals surface area contributed by atoms with Crippen LogP contribution in [0.3, 0.4) is 0 Å². The summed E-state index contributed by atoms with van der Waals surface area (Å²) in [4.78, 5) is 24.3. The average Bonchev–Trinajstić information content (AvgIpc) is 2.09. The molecule has 0 aliphatic rings. The third kappa shape index (κ3) is 2.71. The summed E-state index contributed by atoms with van der Waals surface area (Å²) in [6.45, 7) is 1.88. The first-order valence-corrected chi connectivity index (χ1v) is 4.57. The lowest BCUT2D eigenvalue weighted by molar-refractivity contribution is 0.237. The van der Waals surface area contributed by atoms with Gasteiger partial charge >= 0.3 is 5.69 Å². The Morgan fingerprint density at radius 3 is 2.86 bits per heavy atom. The zero-order valence-corrected chi connectivity index (χ0v) is 8.41. The number of nitrogens with one attached hydrogen (secondary N) is 1. The van der Waals surface area contributed by atoms with E-state index in [-0.39, 0.29) is 13.0 Å². The van der Waals surface area contributed by atoms with Crippen molar-refractivity contribution in [3.8, 4) is 0 Å². The number of hydrogen-bond donors (Lipinski definition) is 2. The number of aliphatic hydroxyl groups excluding tert-OH is 1. The Kier molecular flexibility index (Phi) is 3.49. The third-order valence-corrected chi connectivity index (χ3v) is 2.02. The number of nitrogens with zero attached hydrogens (tertiary/aromatic N) is 1. The number of aryl methyl sites for hydroxylation is 2. The van der Waals surface area contributed by atoms with Gasteiger partial charge in [-0.05, 0) is 6.92 Å². The largest absolute Gasteiger partial charge is 0.378 e. The third-order valence-electron chi connectivity index (χ3n) is 1.80. The zero-order chi connectivity index (χ0) is 10.7. The number of alkyl halides is 1. The van der Waals surface area contributed by atoms with Crippen molar-refractivity contribution in [2.24, 2.45) is 0 Å². The van der Waals surface area contributed by atoms with Crippen molar-refractivity contribution in [3.63, 3.8) is 0 Å². The Bertz CT molecular complexity index is 421. The first-order valence-electron chi connectivity index (χ1n) is 4.13. The van der Waals surface area contributed by atoms with E-state index in [2.05, 4.69) is 4.98 Å². The maximum Gasteiger partial charge on any atom is 0.328 e. The normalized spacial score (nSPS) is 12.8. The number of rotatable bonds is 3. The molecular formula is C8H11ClN2O3. The number of hydrogen-bond acceptors (Lipinski definition) is 3. The molecule has 78 valence electrons. The molecule has 0 amide bonds. The van der Waals surface area contributed by atoms with Crippen molar-refractivity contribution in [1.82, 2.24) is 9.55 Å². The van der Waals surface area contributed by atoms with Crippen molar-refractivity contribution >= 4 is 11.6 Å². The molecule has 1 heterocycles. The highest BCUT2D eigenvalue weighted by Gasteiger charge is 2.03. The summed E-state index contributed by atoms with van der Waals surface area (Å²) in [6, 6.07) is 0. The fraction of sp³-hybridized carbons (Fsp3) is 0.500. The van der Waals surface area contributed by atoms with Gasteiger partial charge in [0.05, 0.1) is 0 Å². The fourth-order valence-electron chi connectivity index (χ4n) is 1.03. The van der Waals surface area contributed by atoms with Crippen molar-refractivity contribution in [2.75, 3.05) is 0 Å². The molecule has 1 rings (SSSR count). The van der Waals surface area contributed by atoms with E-state index in [4.69, 9.17) is 16.7 Å². The first kappa shape index (κ1) is 11.0. The lowest BCUT2D eigenvalue weighted by Crippen LogP contribution is -2.31. The van der Waals surface area contributed by atoms with Crippen LogP contribution in [-0.2, 0) is 6.54 Å². The molecule has 0 saturated carbocycles. The highest BCUT2D eigenvalue weighted by atomic mass is 35.5. The van der Waals surface area contributed by atoms with E-state index in [0.29, 0.717) is 5.56 Å². The van der Waals surface area contributed by atoms with E-state index in [0.717, 1.165) is 0 Å². The fourth-order valence-corrected chi connectivity index (χ4v) is 1.13. The van der Waals surface area contributed by atoms with E-state index in [1.165, 1.54) is 10.8 Å². The molecule has 14 heavy (non-hydrogen) atoms. The summed E-state index contributed by atoms with van der Waals surface area (Å²) in [6.07, 6.45) is 1.70. The maximum absolute atomic E-state index is 11.2. The number of H-pyrrole nitrogens is 1. The SMILES string of the molecule is Cc1cn(CCC(O)Cl)c(=O)[nH]c1=O. The van der Waals surface area contributed by atoms with Gasteiger partial charge in [-0.2, -0.15) is 0 Å². The van der Waals surface area contributed by atoms with Gasteiger partial charge in [-0.3, -0.25) is 9.78 Å².